The van der Waals surface area contributed by atoms with Crippen LogP contribution in [0.4, 0.5) is 0 Å². The van der Waals surface area contributed by atoms with Crippen LogP contribution >= 0.6 is 23.0 Å². The molecule has 0 N–H and O–H groups in total. The Morgan fingerprint density at radius 1 is 1.25 bits per heavy atom. The molecular weight excluding hydrogens is 200 g/mol. The average Bonchev–Trinajstić information content (AvgIpc) is 2.04. The fourth-order valence-corrected chi connectivity index (χ4v) is 5.66. The van der Waals surface area contributed by atoms with Gasteiger partial charge < -0.3 is 0 Å². The van der Waals surface area contributed by atoms with Crippen molar-refractivity contribution in [2.24, 2.45) is 0 Å². The molecule has 3 heteroatoms. The third-order valence-corrected chi connectivity index (χ3v) is 6.84. The van der Waals surface area contributed by atoms with Crippen molar-refractivity contribution in [3.8, 4) is 0 Å². The second-order valence-corrected chi connectivity index (χ2v) is 6.82. The van der Waals surface area contributed by atoms with Crippen LogP contribution in [0.1, 0.15) is 0 Å². The van der Waals surface area contributed by atoms with E-state index < -0.39 is 0 Å². The van der Waals surface area contributed by atoms with Gasteiger partial charge in [-0.25, -0.2) is 0 Å². The molecule has 0 amide bonds. The Kier molecular flexibility index (Phi) is 3.19. The minimum Gasteiger partial charge on any atom is -0.178 e. The monoisotopic (exact) mass is 210 g/mol. The van der Waals surface area contributed by atoms with E-state index >= 15 is 0 Å². The summed E-state index contributed by atoms with van der Waals surface area (Å²) in [5, 5.41) is 2.42. The summed E-state index contributed by atoms with van der Waals surface area (Å²) in [5.41, 5.74) is 0. The summed E-state index contributed by atoms with van der Waals surface area (Å²) < 4.78 is 0. The van der Waals surface area contributed by atoms with E-state index in [4.69, 9.17) is 0 Å². The Hall–Kier alpha value is 0.137. The second-order valence-electron chi connectivity index (χ2n) is 2.75. The van der Waals surface area contributed by atoms with E-state index in [-0.39, 0.29) is 0 Å². The van der Waals surface area contributed by atoms with Gasteiger partial charge in [0.15, 0.2) is 8.67 Å². The van der Waals surface area contributed by atoms with Gasteiger partial charge in [-0.3, -0.25) is 0 Å². The third-order valence-electron chi connectivity index (χ3n) is 1.72. The van der Waals surface area contributed by atoms with Crippen molar-refractivity contribution in [2.45, 2.75) is 5.25 Å². The minimum atomic E-state index is 0.938. The van der Waals surface area contributed by atoms with Gasteiger partial charge in [0.2, 0.25) is 0 Å². The molecule has 2 rings (SSSR count). The lowest BCUT2D eigenvalue weighted by Crippen LogP contribution is -2.24. The Morgan fingerprint density at radius 2 is 2.00 bits per heavy atom. The number of rotatable bonds is 3. The largest absolute Gasteiger partial charge is 0.178 e. The van der Waals surface area contributed by atoms with Gasteiger partial charge in [-0.1, -0.05) is 35.5 Å². The first kappa shape index (κ1) is 8.72. The SMILES string of the molecule is c1ccc([Si]SC2CSC2)cc1. The molecule has 0 aliphatic carbocycles. The molecule has 1 fully saturated rings. The van der Waals surface area contributed by atoms with Crippen molar-refractivity contribution in [1.29, 1.82) is 0 Å². The van der Waals surface area contributed by atoms with Crippen LogP contribution in [-0.4, -0.2) is 25.4 Å². The summed E-state index contributed by atoms with van der Waals surface area (Å²) in [7, 11) is 0.946. The predicted molar refractivity (Wildman–Crippen MR) is 60.5 cm³/mol. The zero-order chi connectivity index (χ0) is 8.23. The lowest BCUT2D eigenvalue weighted by atomic mass is 10.4. The molecule has 1 aliphatic rings. The minimum absolute atomic E-state index is 0.938. The molecule has 1 aromatic rings. The van der Waals surface area contributed by atoms with Gasteiger partial charge in [0.1, 0.15) is 0 Å². The molecule has 1 heterocycles. The van der Waals surface area contributed by atoms with E-state index in [0.717, 1.165) is 13.9 Å². The summed E-state index contributed by atoms with van der Waals surface area (Å²) >= 11 is 4.19. The summed E-state index contributed by atoms with van der Waals surface area (Å²) in [5.74, 6) is 2.73. The maximum Gasteiger partial charge on any atom is 0.161 e. The van der Waals surface area contributed by atoms with Crippen LogP contribution in [0.2, 0.25) is 0 Å². The Labute approximate surface area is 84.0 Å². The zero-order valence-corrected chi connectivity index (χ0v) is 9.33. The molecule has 1 saturated heterocycles. The summed E-state index contributed by atoms with van der Waals surface area (Å²) in [6, 6.07) is 10.8. The van der Waals surface area contributed by atoms with Crippen LogP contribution in [0.3, 0.4) is 0 Å². The molecule has 0 bridgehead atoms. The lowest BCUT2D eigenvalue weighted by molar-refractivity contribution is 1.09. The highest BCUT2D eigenvalue weighted by atomic mass is 32.4. The molecule has 0 atom stereocenters. The maximum absolute atomic E-state index is 2.22. The smallest absolute Gasteiger partial charge is 0.161 e. The molecule has 0 nitrogen and oxygen atoms in total. The third kappa shape index (κ3) is 2.31. The van der Waals surface area contributed by atoms with Gasteiger partial charge in [0.25, 0.3) is 0 Å². The first-order chi connectivity index (χ1) is 5.95. The molecule has 62 valence electrons. The van der Waals surface area contributed by atoms with E-state index in [1.54, 1.807) is 0 Å². The lowest BCUT2D eigenvalue weighted by Gasteiger charge is -2.23. The normalized spacial score (nSPS) is 17.3. The quantitative estimate of drug-likeness (QED) is 0.698. The number of hydrogen-bond acceptors (Lipinski definition) is 2. The molecule has 1 aliphatic heterocycles. The van der Waals surface area contributed by atoms with Gasteiger partial charge in [0, 0.05) is 16.8 Å². The van der Waals surface area contributed by atoms with Gasteiger partial charge in [-0.15, -0.1) is 0 Å². The summed E-state index contributed by atoms with van der Waals surface area (Å²) in [6.45, 7) is 0. The Morgan fingerprint density at radius 3 is 2.58 bits per heavy atom. The van der Waals surface area contributed by atoms with Crippen molar-refractivity contribution in [3.63, 3.8) is 0 Å². The van der Waals surface area contributed by atoms with Crippen LogP contribution in [0.5, 0.6) is 0 Å². The molecule has 0 aromatic heterocycles. The van der Waals surface area contributed by atoms with E-state index in [2.05, 4.69) is 53.3 Å². The topological polar surface area (TPSA) is 0 Å². The maximum atomic E-state index is 2.22. The summed E-state index contributed by atoms with van der Waals surface area (Å²) in [6.07, 6.45) is 0. The first-order valence-corrected chi connectivity index (χ1v) is 7.75. The van der Waals surface area contributed by atoms with Crippen LogP contribution < -0.4 is 5.19 Å². The molecule has 12 heavy (non-hydrogen) atoms. The highest BCUT2D eigenvalue weighted by Crippen LogP contribution is 2.27. The predicted octanol–water partition coefficient (Wildman–Crippen LogP) is 1.78. The summed E-state index contributed by atoms with van der Waals surface area (Å²) in [4.78, 5) is 0. The first-order valence-electron chi connectivity index (χ1n) is 3.99. The van der Waals surface area contributed by atoms with Crippen molar-refractivity contribution in [2.75, 3.05) is 11.5 Å². The molecule has 0 spiro atoms. The molecule has 1 aromatic carbocycles. The van der Waals surface area contributed by atoms with E-state index in [9.17, 15) is 0 Å². The van der Waals surface area contributed by atoms with Crippen molar-refractivity contribution < 1.29 is 0 Å². The highest BCUT2D eigenvalue weighted by Gasteiger charge is 2.18. The average molecular weight is 210 g/mol. The molecule has 0 saturated carbocycles. The van der Waals surface area contributed by atoms with Crippen LogP contribution in [-0.2, 0) is 0 Å². The van der Waals surface area contributed by atoms with Gasteiger partial charge >= 0.3 is 0 Å². The standard InChI is InChI=1S/C9H10S2Si/c1-2-4-9(5-3-1)12-11-8-6-10-7-8/h1-5,8H,6-7H2. The fraction of sp³-hybridized carbons (Fsp3) is 0.333. The van der Waals surface area contributed by atoms with E-state index in [1.165, 1.54) is 16.7 Å². The number of hydrogen-bond donors (Lipinski definition) is 0. The van der Waals surface area contributed by atoms with E-state index in [0.29, 0.717) is 0 Å². The van der Waals surface area contributed by atoms with E-state index in [1.807, 2.05) is 0 Å². The molecule has 0 unspecified atom stereocenters. The fourth-order valence-electron chi connectivity index (χ4n) is 0.940. The van der Waals surface area contributed by atoms with Crippen molar-refractivity contribution in [3.05, 3.63) is 30.3 Å². The second kappa shape index (κ2) is 4.39. The van der Waals surface area contributed by atoms with Crippen molar-refractivity contribution >= 4 is 36.8 Å². The Bertz CT molecular complexity index is 234. The van der Waals surface area contributed by atoms with Crippen LogP contribution in [0.15, 0.2) is 30.3 Å². The Balaban J connectivity index is 1.79. The van der Waals surface area contributed by atoms with Gasteiger partial charge in [-0.2, -0.15) is 23.0 Å². The number of thioether (sulfide) groups is 1. The van der Waals surface area contributed by atoms with Crippen LogP contribution in [0, 0.1) is 0 Å². The number of benzene rings is 1. The van der Waals surface area contributed by atoms with Gasteiger partial charge in [-0.05, 0) is 0 Å². The van der Waals surface area contributed by atoms with Gasteiger partial charge in [0.05, 0.1) is 0 Å². The molecule has 2 radical (unpaired) electrons. The highest BCUT2D eigenvalue weighted by molar-refractivity contribution is 8.25. The van der Waals surface area contributed by atoms with Crippen LogP contribution in [0.25, 0.3) is 0 Å². The molecular formula is C9H10S2Si. The zero-order valence-electron chi connectivity index (χ0n) is 6.69. The van der Waals surface area contributed by atoms with Crippen molar-refractivity contribution in [1.82, 2.24) is 0 Å².